The van der Waals surface area contributed by atoms with Crippen LogP contribution in [0.1, 0.15) is 33.1 Å². The van der Waals surface area contributed by atoms with Gasteiger partial charge in [-0.15, -0.1) is 0 Å². The maximum Gasteiger partial charge on any atom is 0.407 e. The molecule has 2 unspecified atom stereocenters. The topological polar surface area (TPSA) is 38.3 Å². The van der Waals surface area contributed by atoms with Crippen LogP contribution >= 0.6 is 0 Å². The summed E-state index contributed by atoms with van der Waals surface area (Å²) in [5.74, 6) is 1.16. The van der Waals surface area contributed by atoms with Crippen LogP contribution in [0.2, 0.25) is 0 Å². The Balaban J connectivity index is 2.44. The molecule has 0 heterocycles. The molecule has 1 fully saturated rings. The van der Waals surface area contributed by atoms with E-state index in [9.17, 15) is 4.79 Å². The molecule has 3 heteroatoms. The van der Waals surface area contributed by atoms with Crippen molar-refractivity contribution in [3.8, 4) is 0 Å². The Kier molecular flexibility index (Phi) is 3.58. The second-order valence-electron chi connectivity index (χ2n) is 4.03. The van der Waals surface area contributed by atoms with E-state index in [2.05, 4.69) is 19.2 Å². The number of carbonyl (C=O) groups is 1. The summed E-state index contributed by atoms with van der Waals surface area (Å²) in [4.78, 5) is 11.0. The molecule has 1 aliphatic rings. The Morgan fingerprint density at radius 3 is 2.69 bits per heavy atom. The molecule has 1 amide bonds. The van der Waals surface area contributed by atoms with E-state index in [-0.39, 0.29) is 12.2 Å². The van der Waals surface area contributed by atoms with E-state index in [4.69, 9.17) is 4.74 Å². The molecule has 1 N–H and O–H groups in total. The lowest BCUT2D eigenvalue weighted by molar-refractivity contribution is 0.0639. The van der Waals surface area contributed by atoms with Gasteiger partial charge in [-0.1, -0.05) is 13.8 Å². The predicted octanol–water partition coefficient (Wildman–Crippen LogP) is 2.17. The molecule has 0 aliphatic heterocycles. The van der Waals surface area contributed by atoms with Crippen LogP contribution in [0.25, 0.3) is 0 Å². The van der Waals surface area contributed by atoms with Gasteiger partial charge in [-0.05, 0) is 31.1 Å². The fourth-order valence-corrected chi connectivity index (χ4v) is 2.06. The Bertz CT molecular complexity index is 180. The first-order chi connectivity index (χ1) is 6.15. The average molecular weight is 185 g/mol. The van der Waals surface area contributed by atoms with E-state index in [1.54, 1.807) is 7.05 Å². The van der Waals surface area contributed by atoms with Crippen LogP contribution in [-0.2, 0) is 4.74 Å². The fourth-order valence-electron chi connectivity index (χ4n) is 2.06. The Morgan fingerprint density at radius 2 is 2.15 bits per heavy atom. The fraction of sp³-hybridized carbons (Fsp3) is 0.900. The Hall–Kier alpha value is -0.730. The third-order valence-electron chi connectivity index (χ3n) is 2.82. The lowest BCUT2D eigenvalue weighted by atomic mass is 9.92. The number of nitrogens with one attached hydrogen (secondary N) is 1. The minimum atomic E-state index is -0.294. The van der Waals surface area contributed by atoms with Gasteiger partial charge in [0.1, 0.15) is 6.10 Å². The van der Waals surface area contributed by atoms with Crippen molar-refractivity contribution in [3.05, 3.63) is 0 Å². The van der Waals surface area contributed by atoms with Gasteiger partial charge in [-0.25, -0.2) is 4.79 Å². The molecule has 76 valence electrons. The van der Waals surface area contributed by atoms with Gasteiger partial charge in [0.25, 0.3) is 0 Å². The minimum absolute atomic E-state index is 0.139. The third kappa shape index (κ3) is 2.61. The van der Waals surface area contributed by atoms with Gasteiger partial charge in [-0.3, -0.25) is 0 Å². The van der Waals surface area contributed by atoms with Crippen LogP contribution in [0.15, 0.2) is 0 Å². The molecular weight excluding hydrogens is 166 g/mol. The van der Waals surface area contributed by atoms with Crippen LogP contribution in [0.5, 0.6) is 0 Å². The summed E-state index contributed by atoms with van der Waals surface area (Å²) in [5, 5.41) is 2.49. The largest absolute Gasteiger partial charge is 0.446 e. The minimum Gasteiger partial charge on any atom is -0.446 e. The van der Waals surface area contributed by atoms with E-state index in [1.165, 1.54) is 12.8 Å². The van der Waals surface area contributed by atoms with Crippen molar-refractivity contribution in [1.82, 2.24) is 5.32 Å². The highest BCUT2D eigenvalue weighted by Gasteiger charge is 2.32. The third-order valence-corrected chi connectivity index (χ3v) is 2.82. The number of carbonyl (C=O) groups excluding carboxylic acids is 1. The zero-order chi connectivity index (χ0) is 9.84. The van der Waals surface area contributed by atoms with Gasteiger partial charge < -0.3 is 10.1 Å². The van der Waals surface area contributed by atoms with Crippen molar-refractivity contribution in [2.75, 3.05) is 7.05 Å². The van der Waals surface area contributed by atoms with Crippen molar-refractivity contribution in [3.63, 3.8) is 0 Å². The first kappa shape index (κ1) is 10.4. The van der Waals surface area contributed by atoms with Gasteiger partial charge in [0.2, 0.25) is 0 Å². The lowest BCUT2D eigenvalue weighted by Crippen LogP contribution is -2.30. The van der Waals surface area contributed by atoms with Crippen LogP contribution in [0.4, 0.5) is 4.79 Å². The van der Waals surface area contributed by atoms with Crippen LogP contribution < -0.4 is 5.32 Å². The number of hydrogen-bond acceptors (Lipinski definition) is 2. The van der Waals surface area contributed by atoms with Crippen LogP contribution in [0.3, 0.4) is 0 Å². The number of rotatable bonds is 2. The first-order valence-corrected chi connectivity index (χ1v) is 5.03. The van der Waals surface area contributed by atoms with Crippen LogP contribution in [-0.4, -0.2) is 19.2 Å². The molecule has 0 aromatic rings. The molecule has 0 aromatic heterocycles. The van der Waals surface area contributed by atoms with E-state index in [0.29, 0.717) is 11.8 Å². The summed E-state index contributed by atoms with van der Waals surface area (Å²) < 4.78 is 5.28. The summed E-state index contributed by atoms with van der Waals surface area (Å²) in [6, 6.07) is 0. The molecule has 2 atom stereocenters. The van der Waals surface area contributed by atoms with Crippen molar-refractivity contribution < 1.29 is 9.53 Å². The van der Waals surface area contributed by atoms with Gasteiger partial charge in [-0.2, -0.15) is 0 Å². The zero-order valence-electron chi connectivity index (χ0n) is 8.67. The van der Waals surface area contributed by atoms with Gasteiger partial charge in [0.15, 0.2) is 0 Å². The second-order valence-corrected chi connectivity index (χ2v) is 4.03. The highest BCUT2D eigenvalue weighted by molar-refractivity contribution is 5.66. The highest BCUT2D eigenvalue weighted by atomic mass is 16.6. The summed E-state index contributed by atoms with van der Waals surface area (Å²) in [6.45, 7) is 4.38. The normalized spacial score (nSPS) is 27.7. The number of alkyl carbamates (subject to hydrolysis) is 1. The molecular formula is C10H19NO2. The molecule has 0 aromatic carbocycles. The number of amides is 1. The molecule has 13 heavy (non-hydrogen) atoms. The van der Waals surface area contributed by atoms with Crippen molar-refractivity contribution >= 4 is 6.09 Å². The standard InChI is InChI=1S/C10H19NO2/c1-7(2)8-5-4-6-9(8)13-10(12)11-3/h7-9H,4-6H2,1-3H3,(H,11,12). The van der Waals surface area contributed by atoms with E-state index >= 15 is 0 Å². The first-order valence-electron chi connectivity index (χ1n) is 5.03. The smallest absolute Gasteiger partial charge is 0.407 e. The number of ether oxygens (including phenoxy) is 1. The molecule has 1 aliphatic carbocycles. The van der Waals surface area contributed by atoms with Gasteiger partial charge >= 0.3 is 6.09 Å². The molecule has 3 nitrogen and oxygen atoms in total. The maximum atomic E-state index is 11.0. The summed E-state index contributed by atoms with van der Waals surface area (Å²) >= 11 is 0. The van der Waals surface area contributed by atoms with E-state index < -0.39 is 0 Å². The van der Waals surface area contributed by atoms with Crippen molar-refractivity contribution in [2.45, 2.75) is 39.2 Å². The molecule has 1 rings (SSSR count). The van der Waals surface area contributed by atoms with Crippen molar-refractivity contribution in [2.24, 2.45) is 11.8 Å². The zero-order valence-corrected chi connectivity index (χ0v) is 8.67. The van der Waals surface area contributed by atoms with E-state index in [1.807, 2.05) is 0 Å². The predicted molar refractivity (Wildman–Crippen MR) is 51.5 cm³/mol. The monoisotopic (exact) mass is 185 g/mol. The Labute approximate surface area is 79.8 Å². The van der Waals surface area contributed by atoms with Gasteiger partial charge in [0, 0.05) is 7.05 Å². The molecule has 0 spiro atoms. The summed E-state index contributed by atoms with van der Waals surface area (Å²) in [5.41, 5.74) is 0. The summed E-state index contributed by atoms with van der Waals surface area (Å²) in [7, 11) is 1.60. The molecule has 1 saturated carbocycles. The molecule has 0 saturated heterocycles. The average Bonchev–Trinajstić information content (AvgIpc) is 2.52. The Morgan fingerprint density at radius 1 is 1.46 bits per heavy atom. The molecule has 0 radical (unpaired) electrons. The van der Waals surface area contributed by atoms with E-state index in [0.717, 1.165) is 6.42 Å². The maximum absolute atomic E-state index is 11.0. The summed E-state index contributed by atoms with van der Waals surface area (Å²) in [6.07, 6.45) is 3.25. The van der Waals surface area contributed by atoms with Crippen molar-refractivity contribution in [1.29, 1.82) is 0 Å². The highest BCUT2D eigenvalue weighted by Crippen LogP contribution is 2.33. The molecule has 0 bridgehead atoms. The second kappa shape index (κ2) is 4.49. The van der Waals surface area contributed by atoms with Gasteiger partial charge in [0.05, 0.1) is 0 Å². The number of hydrogen-bond donors (Lipinski definition) is 1. The SMILES string of the molecule is CNC(=O)OC1CCCC1C(C)C. The van der Waals surface area contributed by atoms with Crippen LogP contribution in [0, 0.1) is 11.8 Å². The quantitative estimate of drug-likeness (QED) is 0.716. The lowest BCUT2D eigenvalue weighted by Gasteiger charge is -2.22.